The van der Waals surface area contributed by atoms with Gasteiger partial charge in [-0.2, -0.15) is 17.6 Å². The Morgan fingerprint density at radius 3 is 1.20 bits per heavy atom. The fourth-order valence-electron chi connectivity index (χ4n) is 9.84. The first-order valence-electron chi connectivity index (χ1n) is 30.0. The van der Waals surface area contributed by atoms with Gasteiger partial charge in [-0.1, -0.05) is 162 Å². The number of rotatable bonds is 19. The molecule has 3 aliphatic heterocycles. The van der Waals surface area contributed by atoms with Crippen LogP contribution in [0.25, 0.3) is 0 Å². The number of aromatic hydroxyl groups is 1. The van der Waals surface area contributed by atoms with E-state index in [1.54, 1.807) is 42.5 Å². The van der Waals surface area contributed by atoms with E-state index in [0.29, 0.717) is 29.9 Å². The molecular weight excluding hydrogens is 1360 g/mol. The van der Waals surface area contributed by atoms with Crippen LogP contribution >= 0.6 is 15.9 Å². The molecular formula is C69H73BrF6O21. The molecule has 0 saturated carbocycles. The second-order valence-corrected chi connectivity index (χ2v) is 22.9. The molecule has 97 heavy (non-hydrogen) atoms. The van der Waals surface area contributed by atoms with Crippen LogP contribution in [0.2, 0.25) is 0 Å². The SMILES string of the molecule is CC(=O)OCC1OC(Br)C(OC(C)=O)C(OC(C)=O)C1(F)F.CC(=O)OCC1OC(Oc2ccccc2Cc2ccccc2)C(OC(C)=O)C(OC(C)=O)C1(F)F.OCC1OC(Oc2ccccc2Cc2ccccc2)C(O)C(O)C1(F)F.Oc1ccccc1Cc1ccccc1. The molecule has 21 nitrogen and oxygen atoms in total. The molecule has 12 unspecified atom stereocenters. The first kappa shape index (κ1) is 77.4. The summed E-state index contributed by atoms with van der Waals surface area (Å²) in [7, 11) is 0. The van der Waals surface area contributed by atoms with Gasteiger partial charge < -0.3 is 72.5 Å². The number of hydrogen-bond acceptors (Lipinski definition) is 21. The van der Waals surface area contributed by atoms with Crippen molar-refractivity contribution in [1.29, 1.82) is 0 Å². The number of alkyl halides is 7. The number of benzene rings is 6. The molecule has 6 aromatic rings. The highest BCUT2D eigenvalue weighted by Crippen LogP contribution is 2.42. The molecule has 3 saturated heterocycles. The number of halogens is 7. The van der Waals surface area contributed by atoms with E-state index < -0.39 is 146 Å². The molecule has 0 aromatic heterocycles. The standard InChI is InChI=1S/C25H26F2O8.C19H20F2O5.C13H12O.C12H15BrF2O7/c1-15(28)31-14-21-25(26,27)23(33-17(3)30)22(32-16(2)29)24(35-21)34-20-12-8-7-11-19(20)13-18-9-5-4-6-10-18;20-19(21)15(11-22)26-18(16(23)17(19)24)25-14-9-5-4-8-13(14)10-12-6-2-1-3-7-12;14-13-9-5-4-8-12(13)10-11-6-2-1-3-7-11;1-5(16)19-4-8-12(14,15)10(21-7(3)18)9(11(13)22-8)20-6(2)17/h4-12,21-24H,13-14H2,1-3H3;1-9,15-18,22-24H,10-11H2;1-9,14H,10H2;8-11H,4H2,1-3H3. The third-order valence-corrected chi connectivity index (χ3v) is 15.2. The van der Waals surface area contributed by atoms with Crippen LogP contribution in [0.15, 0.2) is 164 Å². The Hall–Kier alpha value is -8.64. The maximum atomic E-state index is 15.3. The molecule has 524 valence electrons. The van der Waals surface area contributed by atoms with E-state index in [4.69, 9.17) is 47.7 Å². The minimum Gasteiger partial charge on any atom is -0.508 e. The van der Waals surface area contributed by atoms with Crippen LogP contribution in [-0.2, 0) is 90.7 Å². The normalized spacial score (nSPS) is 24.1. The summed E-state index contributed by atoms with van der Waals surface area (Å²) < 4.78 is 143. The van der Waals surface area contributed by atoms with Gasteiger partial charge >= 0.3 is 53.6 Å². The zero-order chi connectivity index (χ0) is 71.2. The van der Waals surface area contributed by atoms with Crippen molar-refractivity contribution in [3.05, 3.63) is 197 Å². The lowest BCUT2D eigenvalue weighted by Gasteiger charge is -2.44. The van der Waals surface area contributed by atoms with Gasteiger partial charge in [0.05, 0.1) is 6.61 Å². The summed E-state index contributed by atoms with van der Waals surface area (Å²) in [6, 6.07) is 50.5. The minimum absolute atomic E-state index is 0.288. The van der Waals surface area contributed by atoms with Gasteiger partial charge in [-0.15, -0.1) is 0 Å². The Morgan fingerprint density at radius 1 is 0.433 bits per heavy atom. The van der Waals surface area contributed by atoms with E-state index in [-0.39, 0.29) is 5.75 Å². The number of hydrogen-bond donors (Lipinski definition) is 4. The monoisotopic (exact) mass is 1430 g/mol. The Balaban J connectivity index is 0.000000214. The first-order valence-corrected chi connectivity index (χ1v) is 30.9. The number of phenolic OH excluding ortho intramolecular Hbond substituents is 1. The molecule has 3 heterocycles. The zero-order valence-corrected chi connectivity index (χ0v) is 54.7. The number of carbonyl (C=O) groups excluding carboxylic acids is 6. The van der Waals surface area contributed by atoms with Crippen LogP contribution in [-0.4, -0.2) is 166 Å². The van der Waals surface area contributed by atoms with E-state index in [0.717, 1.165) is 70.2 Å². The van der Waals surface area contributed by atoms with E-state index in [9.17, 15) is 61.6 Å². The second-order valence-electron chi connectivity index (χ2n) is 22.0. The van der Waals surface area contributed by atoms with Crippen molar-refractivity contribution in [3.63, 3.8) is 0 Å². The van der Waals surface area contributed by atoms with Crippen molar-refractivity contribution in [2.45, 2.75) is 151 Å². The van der Waals surface area contributed by atoms with Crippen LogP contribution in [0.4, 0.5) is 26.3 Å². The Morgan fingerprint density at radius 2 is 0.784 bits per heavy atom. The number of aliphatic hydroxyl groups excluding tert-OH is 3. The first-order chi connectivity index (χ1) is 45.9. The third kappa shape index (κ3) is 22.5. The molecule has 9 rings (SSSR count). The maximum Gasteiger partial charge on any atom is 0.317 e. The summed E-state index contributed by atoms with van der Waals surface area (Å²) >= 11 is 2.95. The number of carbonyl (C=O) groups is 6. The lowest BCUT2D eigenvalue weighted by Crippen LogP contribution is -2.66. The molecule has 12 atom stereocenters. The highest BCUT2D eigenvalue weighted by molar-refractivity contribution is 9.09. The van der Waals surface area contributed by atoms with Gasteiger partial charge in [0.1, 0.15) is 36.6 Å². The smallest absolute Gasteiger partial charge is 0.317 e. The summed E-state index contributed by atoms with van der Waals surface area (Å²) in [6.45, 7) is 3.46. The largest absolute Gasteiger partial charge is 0.508 e. The van der Waals surface area contributed by atoms with Crippen LogP contribution in [0.5, 0.6) is 17.2 Å². The number of phenols is 1. The van der Waals surface area contributed by atoms with Gasteiger partial charge in [0.15, 0.2) is 35.5 Å². The van der Waals surface area contributed by atoms with Gasteiger partial charge in [-0.05, 0) is 51.6 Å². The van der Waals surface area contributed by atoms with E-state index in [2.05, 4.69) is 37.5 Å². The van der Waals surface area contributed by atoms with E-state index >= 15 is 8.78 Å². The van der Waals surface area contributed by atoms with E-state index in [1.165, 1.54) is 5.56 Å². The Kier molecular flexibility index (Phi) is 28.8. The molecule has 0 radical (unpaired) electrons. The van der Waals surface area contributed by atoms with E-state index in [1.807, 2.05) is 109 Å². The molecule has 6 aromatic carbocycles. The van der Waals surface area contributed by atoms with Crippen molar-refractivity contribution < 1.29 is 128 Å². The van der Waals surface area contributed by atoms with Gasteiger partial charge in [0.25, 0.3) is 0 Å². The topological polar surface area (TPSA) is 285 Å². The molecule has 0 aliphatic carbocycles. The summed E-state index contributed by atoms with van der Waals surface area (Å²) in [5.74, 6) is -15.7. The molecule has 3 aliphatic rings. The summed E-state index contributed by atoms with van der Waals surface area (Å²) in [4.78, 5) is 67.6. The Labute approximate surface area is 562 Å². The molecule has 4 N–H and O–H groups in total. The molecule has 0 bridgehead atoms. The molecule has 3 fully saturated rings. The van der Waals surface area contributed by atoms with Crippen LogP contribution in [0.1, 0.15) is 74.9 Å². The van der Waals surface area contributed by atoms with Gasteiger partial charge in [-0.25, -0.2) is 8.78 Å². The third-order valence-electron chi connectivity index (χ3n) is 14.4. The zero-order valence-electron chi connectivity index (χ0n) is 53.1. The highest BCUT2D eigenvalue weighted by atomic mass is 79.9. The van der Waals surface area contributed by atoms with Crippen LogP contribution in [0.3, 0.4) is 0 Å². The highest BCUT2D eigenvalue weighted by Gasteiger charge is 2.64. The van der Waals surface area contributed by atoms with Gasteiger partial charge in [-0.3, -0.25) is 28.8 Å². The van der Waals surface area contributed by atoms with Crippen molar-refractivity contribution in [1.82, 2.24) is 0 Å². The molecule has 0 amide bonds. The second kappa shape index (κ2) is 36.1. The van der Waals surface area contributed by atoms with Crippen molar-refractivity contribution in [3.8, 4) is 17.2 Å². The van der Waals surface area contributed by atoms with Crippen LogP contribution in [0, 0.1) is 0 Å². The lowest BCUT2D eigenvalue weighted by atomic mass is 9.97. The Bertz CT molecular complexity index is 3520. The average molecular weight is 1430 g/mol. The number of aliphatic hydroxyl groups is 3. The summed E-state index contributed by atoms with van der Waals surface area (Å²) in [5.41, 5.74) is 5.66. The summed E-state index contributed by atoms with van der Waals surface area (Å²) in [6.07, 6.45) is -19.3. The number of para-hydroxylation sites is 3. The lowest BCUT2D eigenvalue weighted by molar-refractivity contribution is -0.331. The van der Waals surface area contributed by atoms with Crippen molar-refractivity contribution >= 4 is 51.7 Å². The molecule has 0 spiro atoms. The van der Waals surface area contributed by atoms with Gasteiger partial charge in [0.2, 0.25) is 30.9 Å². The van der Waals surface area contributed by atoms with Crippen molar-refractivity contribution in [2.75, 3.05) is 19.8 Å². The number of esters is 6. The summed E-state index contributed by atoms with van der Waals surface area (Å²) in [5, 5.41) is 37.2. The fraction of sp³-hybridized carbons (Fsp3) is 0.391. The van der Waals surface area contributed by atoms with Crippen LogP contribution < -0.4 is 9.47 Å². The molecule has 28 heteroatoms. The predicted octanol–water partition coefficient (Wildman–Crippen LogP) is 9.32. The number of ether oxygens (including phenoxy) is 11. The van der Waals surface area contributed by atoms with Crippen molar-refractivity contribution in [2.24, 2.45) is 0 Å². The fourth-order valence-corrected chi connectivity index (χ4v) is 10.5. The van der Waals surface area contributed by atoms with Gasteiger partial charge in [0, 0.05) is 60.8 Å². The maximum absolute atomic E-state index is 15.3. The average Bonchev–Trinajstić information content (AvgIpc) is 0.822. The minimum atomic E-state index is -3.87. The quantitative estimate of drug-likeness (QED) is 0.0254. The predicted molar refractivity (Wildman–Crippen MR) is 334 cm³/mol.